The fourth-order valence-corrected chi connectivity index (χ4v) is 5.98. The molecule has 1 spiro atoms. The Morgan fingerprint density at radius 2 is 1.88 bits per heavy atom. The molecule has 5 heteroatoms. The van der Waals surface area contributed by atoms with Gasteiger partial charge in [0.15, 0.2) is 11.5 Å². The summed E-state index contributed by atoms with van der Waals surface area (Å²) in [6.07, 6.45) is 7.61. The number of benzene rings is 2. The molecule has 0 radical (unpaired) electrons. The lowest BCUT2D eigenvalue weighted by atomic mass is 9.76. The third-order valence-electron chi connectivity index (χ3n) is 7.49. The largest absolute Gasteiger partial charge is 0.493 e. The van der Waals surface area contributed by atoms with Crippen LogP contribution in [0, 0.1) is 0 Å². The Morgan fingerprint density at radius 3 is 2.62 bits per heavy atom. The van der Waals surface area contributed by atoms with Gasteiger partial charge in [0, 0.05) is 37.5 Å². The maximum Gasteiger partial charge on any atom is 0.220 e. The number of nitrogens with one attached hydrogen (secondary N) is 1. The van der Waals surface area contributed by atoms with Gasteiger partial charge >= 0.3 is 0 Å². The first kappa shape index (κ1) is 21.3. The van der Waals surface area contributed by atoms with Gasteiger partial charge in [-0.25, -0.2) is 0 Å². The molecule has 5 nitrogen and oxygen atoms in total. The van der Waals surface area contributed by atoms with Crippen molar-refractivity contribution in [2.45, 2.75) is 69.1 Å². The Balaban J connectivity index is 1.41. The summed E-state index contributed by atoms with van der Waals surface area (Å²) in [5, 5.41) is 3.42. The molecule has 1 saturated carbocycles. The number of amides is 1. The summed E-state index contributed by atoms with van der Waals surface area (Å²) in [5.41, 5.74) is 2.29. The van der Waals surface area contributed by atoms with E-state index >= 15 is 0 Å². The van der Waals surface area contributed by atoms with Crippen LogP contribution in [0.5, 0.6) is 11.5 Å². The lowest BCUT2D eigenvalue weighted by Crippen LogP contribution is -2.56. The molecule has 0 aromatic heterocycles. The minimum Gasteiger partial charge on any atom is -0.493 e. The molecule has 2 saturated heterocycles. The summed E-state index contributed by atoms with van der Waals surface area (Å²) >= 11 is 0. The molecule has 3 fully saturated rings. The number of nitrogens with zero attached hydrogens (tertiary/aromatic N) is 1. The van der Waals surface area contributed by atoms with Crippen molar-refractivity contribution in [3.8, 4) is 11.5 Å². The molecule has 0 unspecified atom stereocenters. The first-order valence-electron chi connectivity index (χ1n) is 12.1. The van der Waals surface area contributed by atoms with Gasteiger partial charge < -0.3 is 14.8 Å². The molecule has 5 rings (SSSR count). The van der Waals surface area contributed by atoms with E-state index in [1.807, 2.05) is 6.07 Å². The standard InChI is InChI=1S/C27H34N2O3/c1-31-24-14-7-11-21(26(24)32-22-12-5-6-13-22)17-29-18-23(20-9-3-2-4-10-20)27(19-29)16-8-15-25(30)28-27/h2-4,7,9-11,14,22-23H,5-6,8,12-13,15-19H2,1H3,(H,28,30)/t23-,27+/m0/s1. The van der Waals surface area contributed by atoms with Gasteiger partial charge in [0.1, 0.15) is 0 Å². The van der Waals surface area contributed by atoms with E-state index in [1.165, 1.54) is 24.0 Å². The van der Waals surface area contributed by atoms with Gasteiger partial charge in [-0.3, -0.25) is 9.69 Å². The van der Waals surface area contributed by atoms with Crippen molar-refractivity contribution < 1.29 is 14.3 Å². The fraction of sp³-hybridized carbons (Fsp3) is 0.519. The molecule has 2 aliphatic heterocycles. The number of piperidine rings is 1. The number of carbonyl (C=O) groups is 1. The molecule has 170 valence electrons. The van der Waals surface area contributed by atoms with Crippen molar-refractivity contribution in [2.24, 2.45) is 0 Å². The molecule has 2 atom stereocenters. The van der Waals surface area contributed by atoms with E-state index in [-0.39, 0.29) is 23.5 Å². The summed E-state index contributed by atoms with van der Waals surface area (Å²) in [4.78, 5) is 14.9. The van der Waals surface area contributed by atoms with Crippen molar-refractivity contribution in [3.05, 3.63) is 59.7 Å². The predicted octanol–water partition coefficient (Wildman–Crippen LogP) is 4.65. The Morgan fingerprint density at radius 1 is 1.06 bits per heavy atom. The fourth-order valence-electron chi connectivity index (χ4n) is 5.98. The number of para-hydroxylation sites is 1. The highest BCUT2D eigenvalue weighted by Gasteiger charge is 2.49. The van der Waals surface area contributed by atoms with E-state index in [0.29, 0.717) is 6.42 Å². The monoisotopic (exact) mass is 434 g/mol. The normalized spacial score (nSPS) is 26.4. The van der Waals surface area contributed by atoms with Crippen LogP contribution >= 0.6 is 0 Å². The summed E-state index contributed by atoms with van der Waals surface area (Å²) in [7, 11) is 1.72. The number of carbonyl (C=O) groups excluding carboxylic acids is 1. The van der Waals surface area contributed by atoms with Gasteiger partial charge in [-0.05, 0) is 50.2 Å². The molecular weight excluding hydrogens is 400 g/mol. The summed E-state index contributed by atoms with van der Waals surface area (Å²) in [6, 6.07) is 16.9. The second kappa shape index (κ2) is 9.14. The van der Waals surface area contributed by atoms with E-state index in [4.69, 9.17) is 9.47 Å². The highest BCUT2D eigenvalue weighted by molar-refractivity contribution is 5.78. The molecule has 2 aromatic carbocycles. The topological polar surface area (TPSA) is 50.8 Å². The molecule has 0 bridgehead atoms. The van der Waals surface area contributed by atoms with Crippen molar-refractivity contribution in [2.75, 3.05) is 20.2 Å². The van der Waals surface area contributed by atoms with Gasteiger partial charge in [0.25, 0.3) is 0 Å². The van der Waals surface area contributed by atoms with E-state index in [2.05, 4.69) is 52.7 Å². The van der Waals surface area contributed by atoms with Crippen LogP contribution in [0.15, 0.2) is 48.5 Å². The van der Waals surface area contributed by atoms with Crippen LogP contribution in [-0.2, 0) is 11.3 Å². The second-order valence-electron chi connectivity index (χ2n) is 9.66. The van der Waals surface area contributed by atoms with Crippen molar-refractivity contribution in [1.29, 1.82) is 0 Å². The smallest absolute Gasteiger partial charge is 0.220 e. The maximum atomic E-state index is 12.4. The van der Waals surface area contributed by atoms with Crippen LogP contribution < -0.4 is 14.8 Å². The molecular formula is C27H34N2O3. The average Bonchev–Trinajstić information content (AvgIpc) is 3.43. The first-order valence-corrected chi connectivity index (χ1v) is 12.1. The van der Waals surface area contributed by atoms with Gasteiger partial charge in [-0.15, -0.1) is 0 Å². The van der Waals surface area contributed by atoms with Gasteiger partial charge in [0.2, 0.25) is 5.91 Å². The maximum absolute atomic E-state index is 12.4. The summed E-state index contributed by atoms with van der Waals surface area (Å²) in [5.74, 6) is 2.18. The summed E-state index contributed by atoms with van der Waals surface area (Å²) < 4.78 is 12.2. The lowest BCUT2D eigenvalue weighted by molar-refractivity contribution is -0.125. The molecule has 2 heterocycles. The van der Waals surface area contributed by atoms with Crippen molar-refractivity contribution in [1.82, 2.24) is 10.2 Å². The number of hydrogen-bond acceptors (Lipinski definition) is 4. The van der Waals surface area contributed by atoms with Crippen LogP contribution in [0.4, 0.5) is 0 Å². The highest BCUT2D eigenvalue weighted by Crippen LogP contribution is 2.43. The lowest BCUT2D eigenvalue weighted by Gasteiger charge is -2.39. The van der Waals surface area contributed by atoms with Gasteiger partial charge in [-0.2, -0.15) is 0 Å². The molecule has 1 amide bonds. The number of ether oxygens (including phenoxy) is 2. The van der Waals surface area contributed by atoms with Gasteiger partial charge in [0.05, 0.1) is 18.8 Å². The summed E-state index contributed by atoms with van der Waals surface area (Å²) in [6.45, 7) is 2.57. The van der Waals surface area contributed by atoms with Crippen LogP contribution in [-0.4, -0.2) is 42.6 Å². The zero-order valence-corrected chi connectivity index (χ0v) is 19.0. The van der Waals surface area contributed by atoms with Gasteiger partial charge in [-0.1, -0.05) is 42.5 Å². The molecule has 32 heavy (non-hydrogen) atoms. The minimum atomic E-state index is -0.192. The number of hydrogen-bond donors (Lipinski definition) is 1. The highest BCUT2D eigenvalue weighted by atomic mass is 16.5. The Labute approximate surface area is 191 Å². The van der Waals surface area contributed by atoms with E-state index in [1.54, 1.807) is 7.11 Å². The number of rotatable bonds is 6. The second-order valence-corrected chi connectivity index (χ2v) is 9.66. The quantitative estimate of drug-likeness (QED) is 0.719. The van der Waals surface area contributed by atoms with Crippen LogP contribution in [0.2, 0.25) is 0 Å². The number of likely N-dealkylation sites (tertiary alicyclic amines) is 1. The molecule has 3 aliphatic rings. The molecule has 1 N–H and O–H groups in total. The Bertz CT molecular complexity index is 941. The van der Waals surface area contributed by atoms with E-state index in [0.717, 1.165) is 56.8 Å². The third kappa shape index (κ3) is 4.23. The van der Waals surface area contributed by atoms with Crippen molar-refractivity contribution in [3.63, 3.8) is 0 Å². The molecule has 1 aliphatic carbocycles. The Kier molecular flexibility index (Phi) is 6.09. The van der Waals surface area contributed by atoms with E-state index in [9.17, 15) is 4.79 Å². The number of methoxy groups -OCH3 is 1. The Hall–Kier alpha value is -2.53. The molecule has 2 aromatic rings. The van der Waals surface area contributed by atoms with Crippen LogP contribution in [0.25, 0.3) is 0 Å². The van der Waals surface area contributed by atoms with Crippen molar-refractivity contribution >= 4 is 5.91 Å². The van der Waals surface area contributed by atoms with E-state index < -0.39 is 0 Å². The minimum absolute atomic E-state index is 0.186. The SMILES string of the molecule is COc1cccc(CN2C[C@@H](c3ccccc3)[C@@]3(CCCC(=O)N3)C2)c1OC1CCCC1. The zero-order valence-electron chi connectivity index (χ0n) is 19.0. The van der Waals surface area contributed by atoms with Crippen LogP contribution in [0.3, 0.4) is 0 Å². The third-order valence-corrected chi connectivity index (χ3v) is 7.49. The van der Waals surface area contributed by atoms with Crippen LogP contribution in [0.1, 0.15) is 62.0 Å². The average molecular weight is 435 g/mol. The zero-order chi connectivity index (χ0) is 22.0. The predicted molar refractivity (Wildman–Crippen MR) is 125 cm³/mol. The first-order chi connectivity index (χ1) is 15.7.